The average molecular weight is 472 g/mol. The Balaban J connectivity index is 1.28. The number of aromatic nitrogens is 2. The van der Waals surface area contributed by atoms with Crippen LogP contribution < -0.4 is 15.5 Å². The van der Waals surface area contributed by atoms with E-state index in [9.17, 15) is 8.78 Å². The average Bonchev–Trinajstić information content (AvgIpc) is 2.80. The van der Waals surface area contributed by atoms with Crippen LogP contribution >= 0.6 is 11.8 Å². The molecule has 33 heavy (non-hydrogen) atoms. The minimum atomic E-state index is -2.39. The molecular weight excluding hydrogens is 440 g/mol. The molecule has 1 aliphatic rings. The van der Waals surface area contributed by atoms with Crippen LogP contribution in [-0.2, 0) is 6.54 Å². The highest BCUT2D eigenvalue weighted by Crippen LogP contribution is 2.30. The standard InChI is InChI=1S/C25H31F2N5S/c1-32(2)23-20-8-4-5-9-21(20)30-25(31-23)29-19-13-11-17(12-14-19)15-28-16-18-7-3-6-10-22(18)33-24(26)27/h3-10,17,19,24,28H,11-16H2,1-2H3,(H,29,30,31). The van der Waals surface area contributed by atoms with E-state index in [1.807, 2.05) is 55.4 Å². The molecule has 1 heterocycles. The minimum Gasteiger partial charge on any atom is -0.362 e. The Kier molecular flexibility index (Phi) is 7.98. The molecule has 1 aromatic heterocycles. The minimum absolute atomic E-state index is 0.362. The maximum Gasteiger partial charge on any atom is 0.288 e. The molecule has 4 rings (SSSR count). The van der Waals surface area contributed by atoms with Gasteiger partial charge in [-0.2, -0.15) is 13.8 Å². The predicted molar refractivity (Wildman–Crippen MR) is 133 cm³/mol. The summed E-state index contributed by atoms with van der Waals surface area (Å²) in [6.07, 6.45) is 4.37. The van der Waals surface area contributed by atoms with E-state index in [1.54, 1.807) is 6.07 Å². The second-order valence-corrected chi connectivity index (χ2v) is 9.79. The molecule has 5 nitrogen and oxygen atoms in total. The first-order valence-electron chi connectivity index (χ1n) is 11.4. The summed E-state index contributed by atoms with van der Waals surface area (Å²) in [5.74, 6) is -0.194. The summed E-state index contributed by atoms with van der Waals surface area (Å²) in [6, 6.07) is 15.8. The summed E-state index contributed by atoms with van der Waals surface area (Å²) < 4.78 is 25.5. The number of halogens is 2. The highest BCUT2D eigenvalue weighted by Gasteiger charge is 2.22. The van der Waals surface area contributed by atoms with Crippen molar-refractivity contribution in [1.82, 2.24) is 15.3 Å². The van der Waals surface area contributed by atoms with Crippen molar-refractivity contribution < 1.29 is 8.78 Å². The zero-order chi connectivity index (χ0) is 23.2. The fourth-order valence-electron chi connectivity index (χ4n) is 4.43. The van der Waals surface area contributed by atoms with Gasteiger partial charge in [0.1, 0.15) is 5.82 Å². The quantitative estimate of drug-likeness (QED) is 0.387. The SMILES string of the molecule is CN(C)c1nc(NC2CCC(CNCc3ccccc3SC(F)F)CC2)nc2ccccc12. The van der Waals surface area contributed by atoms with Gasteiger partial charge in [-0.3, -0.25) is 0 Å². The Morgan fingerprint density at radius 1 is 1.00 bits per heavy atom. The van der Waals surface area contributed by atoms with Gasteiger partial charge in [-0.05, 0) is 61.9 Å². The van der Waals surface area contributed by atoms with Crippen LogP contribution in [0.15, 0.2) is 53.4 Å². The number of rotatable bonds is 9. The maximum atomic E-state index is 12.8. The molecule has 0 spiro atoms. The predicted octanol–water partition coefficient (Wildman–Crippen LogP) is 5.77. The first kappa shape index (κ1) is 23.7. The third-order valence-electron chi connectivity index (χ3n) is 6.12. The number of alkyl halides is 2. The van der Waals surface area contributed by atoms with Crippen LogP contribution in [0, 0.1) is 5.92 Å². The van der Waals surface area contributed by atoms with Crippen LogP contribution in [0.4, 0.5) is 20.5 Å². The Morgan fingerprint density at radius 2 is 1.73 bits per heavy atom. The zero-order valence-corrected chi connectivity index (χ0v) is 19.9. The Morgan fingerprint density at radius 3 is 2.48 bits per heavy atom. The van der Waals surface area contributed by atoms with Gasteiger partial charge in [0.05, 0.1) is 5.52 Å². The van der Waals surface area contributed by atoms with Gasteiger partial charge >= 0.3 is 0 Å². The Hall–Kier alpha value is -2.45. The third-order valence-corrected chi connectivity index (χ3v) is 6.95. The molecule has 3 aromatic rings. The maximum absolute atomic E-state index is 12.8. The fraction of sp³-hybridized carbons (Fsp3) is 0.440. The van der Waals surface area contributed by atoms with Gasteiger partial charge in [0, 0.05) is 37.0 Å². The first-order chi connectivity index (χ1) is 16.0. The lowest BCUT2D eigenvalue weighted by atomic mass is 9.86. The summed E-state index contributed by atoms with van der Waals surface area (Å²) in [7, 11) is 4.00. The van der Waals surface area contributed by atoms with Crippen molar-refractivity contribution in [3.05, 3.63) is 54.1 Å². The molecule has 1 saturated carbocycles. The lowest BCUT2D eigenvalue weighted by Gasteiger charge is -2.29. The van der Waals surface area contributed by atoms with Crippen LogP contribution in [0.3, 0.4) is 0 Å². The van der Waals surface area contributed by atoms with Gasteiger partial charge in [-0.25, -0.2) is 4.98 Å². The molecule has 0 amide bonds. The van der Waals surface area contributed by atoms with Gasteiger partial charge in [0.15, 0.2) is 0 Å². The normalized spacial score (nSPS) is 18.6. The molecule has 176 valence electrons. The van der Waals surface area contributed by atoms with Crippen LogP contribution in [-0.4, -0.2) is 42.4 Å². The lowest BCUT2D eigenvalue weighted by Crippen LogP contribution is -2.31. The molecule has 0 atom stereocenters. The van der Waals surface area contributed by atoms with Crippen LogP contribution in [0.25, 0.3) is 10.9 Å². The van der Waals surface area contributed by atoms with Gasteiger partial charge in [0.2, 0.25) is 5.95 Å². The van der Waals surface area contributed by atoms with E-state index in [4.69, 9.17) is 9.97 Å². The van der Waals surface area contributed by atoms with Crippen molar-refractivity contribution in [2.45, 2.75) is 48.9 Å². The third kappa shape index (κ3) is 6.32. The number of hydrogen-bond acceptors (Lipinski definition) is 6. The Labute approximate surface area is 198 Å². The number of fused-ring (bicyclic) bond motifs is 1. The van der Waals surface area contributed by atoms with E-state index < -0.39 is 5.76 Å². The number of anilines is 2. The van der Waals surface area contributed by atoms with Crippen LogP contribution in [0.2, 0.25) is 0 Å². The van der Waals surface area contributed by atoms with E-state index in [2.05, 4.69) is 16.7 Å². The van der Waals surface area contributed by atoms with Crippen LogP contribution in [0.5, 0.6) is 0 Å². The van der Waals surface area contributed by atoms with Gasteiger partial charge in [0.25, 0.3) is 5.76 Å². The summed E-state index contributed by atoms with van der Waals surface area (Å²) in [5.41, 5.74) is 1.88. The number of nitrogens with one attached hydrogen (secondary N) is 2. The van der Waals surface area contributed by atoms with Crippen molar-refractivity contribution in [3.63, 3.8) is 0 Å². The van der Waals surface area contributed by atoms with Crippen molar-refractivity contribution in [2.24, 2.45) is 5.92 Å². The number of para-hydroxylation sites is 1. The summed E-state index contributed by atoms with van der Waals surface area (Å²) in [6.45, 7) is 1.52. The fourth-order valence-corrected chi connectivity index (χ4v) is 5.07. The molecule has 0 bridgehead atoms. The second kappa shape index (κ2) is 11.1. The zero-order valence-electron chi connectivity index (χ0n) is 19.1. The molecule has 8 heteroatoms. The van der Waals surface area contributed by atoms with Crippen molar-refractivity contribution in [2.75, 3.05) is 30.9 Å². The number of thioether (sulfide) groups is 1. The van der Waals surface area contributed by atoms with E-state index >= 15 is 0 Å². The van der Waals surface area contributed by atoms with E-state index in [1.165, 1.54) is 0 Å². The molecular formula is C25H31F2N5S. The van der Waals surface area contributed by atoms with E-state index in [-0.39, 0.29) is 0 Å². The number of hydrogen-bond donors (Lipinski definition) is 2. The van der Waals surface area contributed by atoms with E-state index in [0.29, 0.717) is 41.1 Å². The highest BCUT2D eigenvalue weighted by molar-refractivity contribution is 7.99. The van der Waals surface area contributed by atoms with E-state index in [0.717, 1.165) is 54.5 Å². The van der Waals surface area contributed by atoms with Crippen LogP contribution in [0.1, 0.15) is 31.2 Å². The lowest BCUT2D eigenvalue weighted by molar-refractivity contribution is 0.252. The summed E-state index contributed by atoms with van der Waals surface area (Å²) in [4.78, 5) is 12.2. The Bertz CT molecular complexity index is 1050. The molecule has 1 aliphatic carbocycles. The monoisotopic (exact) mass is 471 g/mol. The first-order valence-corrected chi connectivity index (χ1v) is 12.3. The molecule has 0 unspecified atom stereocenters. The molecule has 2 aromatic carbocycles. The van der Waals surface area contributed by atoms with Crippen molar-refractivity contribution in [1.29, 1.82) is 0 Å². The smallest absolute Gasteiger partial charge is 0.288 e. The molecule has 0 aliphatic heterocycles. The van der Waals surface area contributed by atoms with Gasteiger partial charge in [-0.1, -0.05) is 42.1 Å². The summed E-state index contributed by atoms with van der Waals surface area (Å²) in [5, 5.41) is 8.09. The summed E-state index contributed by atoms with van der Waals surface area (Å²) >= 11 is 0.619. The molecule has 0 saturated heterocycles. The second-order valence-electron chi connectivity index (χ2n) is 8.76. The van der Waals surface area contributed by atoms with Crippen molar-refractivity contribution in [3.8, 4) is 0 Å². The van der Waals surface area contributed by atoms with Gasteiger partial charge in [-0.15, -0.1) is 0 Å². The number of nitrogens with zero attached hydrogens (tertiary/aromatic N) is 3. The van der Waals surface area contributed by atoms with Gasteiger partial charge < -0.3 is 15.5 Å². The largest absolute Gasteiger partial charge is 0.362 e. The number of benzene rings is 2. The topological polar surface area (TPSA) is 53.1 Å². The molecule has 0 radical (unpaired) electrons. The molecule has 1 fully saturated rings. The highest BCUT2D eigenvalue weighted by atomic mass is 32.2. The molecule has 2 N–H and O–H groups in total. The van der Waals surface area contributed by atoms with Crippen molar-refractivity contribution >= 4 is 34.4 Å².